The molecule has 6 heteroatoms. The molecule has 25 heavy (non-hydrogen) atoms. The van der Waals surface area contributed by atoms with Gasteiger partial charge in [-0.3, -0.25) is 4.57 Å². The molecule has 1 amide bonds. The number of hydrogen-bond acceptors (Lipinski definition) is 4. The normalized spacial score (nSPS) is 11.5. The third-order valence-corrected chi connectivity index (χ3v) is 3.52. The summed E-state index contributed by atoms with van der Waals surface area (Å²) in [4.78, 5) is 20.9. The van der Waals surface area contributed by atoms with Gasteiger partial charge in [0.25, 0.3) is 0 Å². The Balaban J connectivity index is 1.81. The minimum Gasteiger partial charge on any atom is -0.444 e. The van der Waals surface area contributed by atoms with Crippen LogP contribution in [0.2, 0.25) is 0 Å². The average molecular weight is 338 g/mol. The van der Waals surface area contributed by atoms with Crippen LogP contribution in [-0.4, -0.2) is 32.8 Å². The van der Waals surface area contributed by atoms with E-state index in [0.717, 1.165) is 22.7 Å². The molecule has 0 saturated carbocycles. The van der Waals surface area contributed by atoms with Crippen LogP contribution >= 0.6 is 0 Å². The van der Waals surface area contributed by atoms with Gasteiger partial charge in [-0.1, -0.05) is 18.2 Å². The lowest BCUT2D eigenvalue weighted by atomic mass is 10.2. The number of nitrogens with zero attached hydrogens (tertiary/aromatic N) is 3. The van der Waals surface area contributed by atoms with E-state index in [-0.39, 0.29) is 0 Å². The number of pyridine rings is 1. The van der Waals surface area contributed by atoms with E-state index in [1.165, 1.54) is 0 Å². The van der Waals surface area contributed by atoms with Crippen molar-refractivity contribution in [3.63, 3.8) is 0 Å². The molecular weight excluding hydrogens is 316 g/mol. The number of aromatic nitrogens is 3. The average Bonchev–Trinajstić information content (AvgIpc) is 2.92. The fraction of sp³-hybridized carbons (Fsp3) is 0.316. The van der Waals surface area contributed by atoms with Crippen LogP contribution in [0.25, 0.3) is 16.9 Å². The maximum absolute atomic E-state index is 11.8. The zero-order valence-corrected chi connectivity index (χ0v) is 14.7. The summed E-state index contributed by atoms with van der Waals surface area (Å²) in [6.07, 6.45) is 1.91. The van der Waals surface area contributed by atoms with Crippen molar-refractivity contribution in [1.29, 1.82) is 0 Å². The van der Waals surface area contributed by atoms with E-state index in [2.05, 4.69) is 15.3 Å². The van der Waals surface area contributed by atoms with Crippen LogP contribution in [0.4, 0.5) is 4.79 Å². The molecule has 1 N–H and O–H groups in total. The van der Waals surface area contributed by atoms with Crippen LogP contribution in [-0.2, 0) is 11.2 Å². The van der Waals surface area contributed by atoms with Gasteiger partial charge in [-0.2, -0.15) is 0 Å². The van der Waals surface area contributed by atoms with Crippen molar-refractivity contribution in [2.24, 2.45) is 0 Å². The van der Waals surface area contributed by atoms with Crippen molar-refractivity contribution in [2.75, 3.05) is 6.54 Å². The van der Waals surface area contributed by atoms with Crippen molar-refractivity contribution < 1.29 is 9.53 Å². The first-order valence-electron chi connectivity index (χ1n) is 8.29. The van der Waals surface area contributed by atoms with Crippen molar-refractivity contribution >= 4 is 17.3 Å². The first-order valence-corrected chi connectivity index (χ1v) is 8.29. The molecule has 0 fully saturated rings. The number of ether oxygens (including phenoxy) is 1. The third-order valence-electron chi connectivity index (χ3n) is 3.52. The van der Waals surface area contributed by atoms with E-state index in [4.69, 9.17) is 4.74 Å². The lowest BCUT2D eigenvalue weighted by Crippen LogP contribution is -2.33. The van der Waals surface area contributed by atoms with Gasteiger partial charge in [0.2, 0.25) is 0 Å². The Morgan fingerprint density at radius 3 is 2.64 bits per heavy atom. The molecule has 0 aliphatic heterocycles. The molecule has 0 radical (unpaired) electrons. The maximum Gasteiger partial charge on any atom is 0.407 e. The SMILES string of the molecule is CC(C)(C)OC(=O)NCCc1nc2cccnc2n1-c1ccccc1. The third kappa shape index (κ3) is 4.15. The Morgan fingerprint density at radius 1 is 1.16 bits per heavy atom. The highest BCUT2D eigenvalue weighted by molar-refractivity contribution is 5.74. The molecule has 0 atom stereocenters. The smallest absolute Gasteiger partial charge is 0.407 e. The number of amides is 1. The quantitative estimate of drug-likeness (QED) is 0.790. The monoisotopic (exact) mass is 338 g/mol. The predicted octanol–water partition coefficient (Wildman–Crippen LogP) is 3.49. The summed E-state index contributed by atoms with van der Waals surface area (Å²) < 4.78 is 7.28. The highest BCUT2D eigenvalue weighted by atomic mass is 16.6. The van der Waals surface area contributed by atoms with E-state index in [1.807, 2.05) is 67.8 Å². The molecule has 2 heterocycles. The molecule has 3 rings (SSSR count). The van der Waals surface area contributed by atoms with E-state index in [1.54, 1.807) is 6.20 Å². The van der Waals surface area contributed by atoms with Gasteiger partial charge in [0.15, 0.2) is 5.65 Å². The van der Waals surface area contributed by atoms with Gasteiger partial charge >= 0.3 is 6.09 Å². The summed E-state index contributed by atoms with van der Waals surface area (Å²) in [7, 11) is 0. The second-order valence-corrected chi connectivity index (χ2v) is 6.72. The highest BCUT2D eigenvalue weighted by Gasteiger charge is 2.17. The first-order chi connectivity index (χ1) is 11.9. The summed E-state index contributed by atoms with van der Waals surface area (Å²) in [6, 6.07) is 13.8. The van der Waals surface area contributed by atoms with Gasteiger partial charge in [-0.05, 0) is 45.0 Å². The molecule has 0 aliphatic rings. The van der Waals surface area contributed by atoms with Crippen LogP contribution in [0, 0.1) is 0 Å². The Labute approximate surface area is 146 Å². The van der Waals surface area contributed by atoms with Crippen LogP contribution in [0.15, 0.2) is 48.7 Å². The number of carbonyl (C=O) groups is 1. The minimum absolute atomic E-state index is 0.423. The molecule has 0 bridgehead atoms. The number of nitrogens with one attached hydrogen (secondary N) is 1. The predicted molar refractivity (Wildman–Crippen MR) is 96.8 cm³/mol. The fourth-order valence-electron chi connectivity index (χ4n) is 2.57. The molecule has 1 aromatic carbocycles. The minimum atomic E-state index is -0.509. The Bertz CT molecular complexity index is 866. The Hall–Kier alpha value is -2.89. The van der Waals surface area contributed by atoms with E-state index < -0.39 is 11.7 Å². The zero-order valence-electron chi connectivity index (χ0n) is 14.7. The van der Waals surface area contributed by atoms with Gasteiger partial charge in [0.05, 0.1) is 0 Å². The summed E-state index contributed by atoms with van der Waals surface area (Å²) >= 11 is 0. The number of rotatable bonds is 4. The van der Waals surface area contributed by atoms with Gasteiger partial charge in [0, 0.05) is 24.8 Å². The lowest BCUT2D eigenvalue weighted by Gasteiger charge is -2.19. The molecule has 0 unspecified atom stereocenters. The van der Waals surface area contributed by atoms with Gasteiger partial charge in [0.1, 0.15) is 16.9 Å². The van der Waals surface area contributed by atoms with Crippen molar-refractivity contribution in [3.8, 4) is 5.69 Å². The van der Waals surface area contributed by atoms with Gasteiger partial charge in [-0.25, -0.2) is 14.8 Å². The summed E-state index contributed by atoms with van der Waals surface area (Å²) in [5, 5.41) is 2.78. The van der Waals surface area contributed by atoms with E-state index >= 15 is 0 Å². The zero-order chi connectivity index (χ0) is 17.9. The summed E-state index contributed by atoms with van der Waals surface area (Å²) in [5.74, 6) is 0.843. The number of hydrogen-bond donors (Lipinski definition) is 1. The molecule has 130 valence electrons. The summed E-state index contributed by atoms with van der Waals surface area (Å²) in [6.45, 7) is 5.96. The van der Waals surface area contributed by atoms with Crippen LogP contribution < -0.4 is 5.32 Å². The van der Waals surface area contributed by atoms with E-state index in [9.17, 15) is 4.79 Å². The largest absolute Gasteiger partial charge is 0.444 e. The van der Waals surface area contributed by atoms with Crippen LogP contribution in [0.3, 0.4) is 0 Å². The molecular formula is C19H22N4O2. The second-order valence-electron chi connectivity index (χ2n) is 6.72. The molecule has 0 saturated heterocycles. The first kappa shape index (κ1) is 17.0. The number of carbonyl (C=O) groups excluding carboxylic acids is 1. The van der Waals surface area contributed by atoms with Gasteiger partial charge < -0.3 is 10.1 Å². The van der Waals surface area contributed by atoms with Crippen molar-refractivity contribution in [1.82, 2.24) is 19.9 Å². The maximum atomic E-state index is 11.8. The molecule has 0 aliphatic carbocycles. The number of alkyl carbamates (subject to hydrolysis) is 1. The van der Waals surface area contributed by atoms with Crippen LogP contribution in [0.1, 0.15) is 26.6 Å². The van der Waals surface area contributed by atoms with Crippen molar-refractivity contribution in [3.05, 3.63) is 54.5 Å². The van der Waals surface area contributed by atoms with E-state index in [0.29, 0.717) is 13.0 Å². The molecule has 3 aromatic rings. The fourth-order valence-corrected chi connectivity index (χ4v) is 2.57. The van der Waals surface area contributed by atoms with Gasteiger partial charge in [-0.15, -0.1) is 0 Å². The summed E-state index contributed by atoms with van der Waals surface area (Å²) in [5.41, 5.74) is 2.13. The van der Waals surface area contributed by atoms with Crippen LogP contribution in [0.5, 0.6) is 0 Å². The number of para-hydroxylation sites is 1. The van der Waals surface area contributed by atoms with Crippen molar-refractivity contribution in [2.45, 2.75) is 32.8 Å². The highest BCUT2D eigenvalue weighted by Crippen LogP contribution is 2.19. The lowest BCUT2D eigenvalue weighted by molar-refractivity contribution is 0.0528. The number of fused-ring (bicyclic) bond motifs is 1. The second kappa shape index (κ2) is 6.93. The molecule has 6 nitrogen and oxygen atoms in total. The number of benzene rings is 1. The standard InChI is InChI=1S/C19H22N4O2/c1-19(2,3)25-18(24)21-13-11-16-22-15-10-7-12-20-17(15)23(16)14-8-5-4-6-9-14/h4-10,12H,11,13H2,1-3H3,(H,21,24). The number of imidazole rings is 1. The Kier molecular flexibility index (Phi) is 4.70. The molecule has 2 aromatic heterocycles. The Morgan fingerprint density at radius 2 is 1.92 bits per heavy atom. The topological polar surface area (TPSA) is 69.0 Å². The molecule has 0 spiro atoms.